The monoisotopic (exact) mass is 447 g/mol. The molecule has 1 atom stereocenters. The SMILES string of the molecule is CNC(=O)c1ccnc(-c2c[n+](C)c3[nH]cc(C(=O)NC(C)C(=O)N4CC(C#N)C4)c3n2)c1. The molecule has 1 unspecified atom stereocenters. The van der Waals surface area contributed by atoms with Gasteiger partial charge in [0.25, 0.3) is 11.8 Å². The lowest BCUT2D eigenvalue weighted by Gasteiger charge is -2.37. The summed E-state index contributed by atoms with van der Waals surface area (Å²) in [4.78, 5) is 50.9. The van der Waals surface area contributed by atoms with Gasteiger partial charge < -0.3 is 15.5 Å². The van der Waals surface area contributed by atoms with Crippen molar-refractivity contribution in [2.24, 2.45) is 13.0 Å². The summed E-state index contributed by atoms with van der Waals surface area (Å²) in [5, 5.41) is 14.2. The predicted molar refractivity (Wildman–Crippen MR) is 117 cm³/mol. The zero-order valence-electron chi connectivity index (χ0n) is 18.4. The number of likely N-dealkylation sites (tertiary alicyclic amines) is 1. The molecule has 0 aliphatic carbocycles. The topological polar surface area (TPSA) is 148 Å². The van der Waals surface area contributed by atoms with Gasteiger partial charge in [0.2, 0.25) is 5.91 Å². The van der Waals surface area contributed by atoms with E-state index < -0.39 is 11.9 Å². The van der Waals surface area contributed by atoms with Crippen LogP contribution in [0.1, 0.15) is 27.6 Å². The Morgan fingerprint density at radius 1 is 1.30 bits per heavy atom. The molecule has 4 rings (SSSR count). The number of nitriles is 1. The Kier molecular flexibility index (Phi) is 5.74. The van der Waals surface area contributed by atoms with Crippen LogP contribution in [0.25, 0.3) is 22.6 Å². The van der Waals surface area contributed by atoms with Crippen molar-refractivity contribution in [1.82, 2.24) is 30.5 Å². The second-order valence-electron chi connectivity index (χ2n) is 7.91. The number of fused-ring (bicyclic) bond motifs is 1. The number of nitrogens with one attached hydrogen (secondary N) is 3. The van der Waals surface area contributed by atoms with E-state index in [-0.39, 0.29) is 23.3 Å². The lowest BCUT2D eigenvalue weighted by molar-refractivity contribution is -0.646. The third-order valence-corrected chi connectivity index (χ3v) is 5.58. The fourth-order valence-corrected chi connectivity index (χ4v) is 3.69. The van der Waals surface area contributed by atoms with Crippen molar-refractivity contribution < 1.29 is 19.0 Å². The normalized spacial score (nSPS) is 14.3. The van der Waals surface area contributed by atoms with Crippen molar-refractivity contribution >= 4 is 28.9 Å². The lowest BCUT2D eigenvalue weighted by Crippen LogP contribution is -2.55. The molecule has 1 saturated heterocycles. The average molecular weight is 447 g/mol. The van der Waals surface area contributed by atoms with Crippen LogP contribution in [0.5, 0.6) is 0 Å². The van der Waals surface area contributed by atoms with Crippen molar-refractivity contribution in [2.45, 2.75) is 13.0 Å². The molecular weight excluding hydrogens is 424 g/mol. The summed E-state index contributed by atoms with van der Waals surface area (Å²) in [5.41, 5.74) is 2.71. The largest absolute Gasteiger partial charge is 0.355 e. The second-order valence-corrected chi connectivity index (χ2v) is 7.91. The number of carbonyl (C=O) groups excluding carboxylic acids is 3. The molecule has 168 valence electrons. The Hall–Kier alpha value is -4.33. The molecule has 0 saturated carbocycles. The molecule has 11 heteroatoms. The van der Waals surface area contributed by atoms with Crippen LogP contribution in [0.3, 0.4) is 0 Å². The number of aromatic nitrogens is 4. The summed E-state index contributed by atoms with van der Waals surface area (Å²) in [6.07, 6.45) is 4.81. The standard InChI is InChI=1S/C22H22N8O3/c1-12(22(33)30-9-13(7-23)10-30)27-21(32)15-8-26-19-18(15)28-17(11-29(19)3)16-6-14(4-5-25-16)20(31)24-2/h4-6,8,11-13H,9-10H2,1-3H3,(H2,24,27,31,32)/p+1. The van der Waals surface area contributed by atoms with E-state index in [1.54, 1.807) is 48.8 Å². The van der Waals surface area contributed by atoms with Crippen LogP contribution in [0.4, 0.5) is 0 Å². The first-order chi connectivity index (χ1) is 15.8. The Morgan fingerprint density at radius 3 is 2.76 bits per heavy atom. The third-order valence-electron chi connectivity index (χ3n) is 5.58. The zero-order valence-corrected chi connectivity index (χ0v) is 18.4. The lowest BCUT2D eigenvalue weighted by atomic mass is 10.0. The maximum Gasteiger partial charge on any atom is 0.306 e. The van der Waals surface area contributed by atoms with E-state index in [2.05, 4.69) is 31.7 Å². The minimum atomic E-state index is -0.745. The van der Waals surface area contributed by atoms with Gasteiger partial charge in [0.05, 0.1) is 24.7 Å². The number of nitrogens with zero attached hydrogens (tertiary/aromatic N) is 5. The second kappa shape index (κ2) is 8.66. The molecule has 1 aliphatic rings. The van der Waals surface area contributed by atoms with Crippen LogP contribution >= 0.6 is 0 Å². The van der Waals surface area contributed by atoms with Gasteiger partial charge in [-0.05, 0) is 19.1 Å². The van der Waals surface area contributed by atoms with Crippen molar-refractivity contribution in [3.05, 3.63) is 41.9 Å². The maximum atomic E-state index is 13.0. The van der Waals surface area contributed by atoms with Crippen molar-refractivity contribution in [3.8, 4) is 17.5 Å². The maximum absolute atomic E-state index is 13.0. The first-order valence-corrected chi connectivity index (χ1v) is 10.4. The zero-order chi connectivity index (χ0) is 23.7. The first-order valence-electron chi connectivity index (χ1n) is 10.4. The number of carbonyl (C=O) groups is 3. The number of aryl methyl sites for hydroxylation is 1. The van der Waals surface area contributed by atoms with Gasteiger partial charge in [-0.3, -0.25) is 19.4 Å². The molecule has 3 N–H and O–H groups in total. The van der Waals surface area contributed by atoms with Gasteiger partial charge in [-0.15, -0.1) is 0 Å². The van der Waals surface area contributed by atoms with E-state index in [1.165, 1.54) is 12.4 Å². The number of amides is 3. The molecule has 3 amide bonds. The van der Waals surface area contributed by atoms with Crippen LogP contribution in [0.15, 0.2) is 30.7 Å². The molecule has 11 nitrogen and oxygen atoms in total. The predicted octanol–water partition coefficient (Wildman–Crippen LogP) is -0.0907. The highest BCUT2D eigenvalue weighted by Gasteiger charge is 2.34. The molecule has 1 aliphatic heterocycles. The van der Waals surface area contributed by atoms with E-state index in [0.717, 1.165) is 0 Å². The summed E-state index contributed by atoms with van der Waals surface area (Å²) < 4.78 is 1.78. The quantitative estimate of drug-likeness (QED) is 0.466. The van der Waals surface area contributed by atoms with Crippen molar-refractivity contribution in [2.75, 3.05) is 20.1 Å². The van der Waals surface area contributed by atoms with Gasteiger partial charge in [-0.2, -0.15) is 5.26 Å². The Balaban J connectivity index is 1.60. The fraction of sp³-hybridized carbons (Fsp3) is 0.318. The highest BCUT2D eigenvalue weighted by Crippen LogP contribution is 2.20. The Bertz CT molecular complexity index is 1300. The van der Waals surface area contributed by atoms with Crippen LogP contribution in [-0.2, 0) is 11.8 Å². The van der Waals surface area contributed by atoms with Crippen LogP contribution in [0, 0.1) is 17.2 Å². The number of pyridine rings is 1. The Labute approximate surface area is 189 Å². The molecular formula is C22H23N8O3+. The van der Waals surface area contributed by atoms with Gasteiger partial charge in [0.1, 0.15) is 29.7 Å². The molecule has 1 fully saturated rings. The summed E-state index contributed by atoms with van der Waals surface area (Å²) in [7, 11) is 3.35. The van der Waals surface area contributed by atoms with Gasteiger partial charge in [-0.25, -0.2) is 14.5 Å². The number of H-pyrrole nitrogens is 1. The summed E-state index contributed by atoms with van der Waals surface area (Å²) >= 11 is 0. The van der Waals surface area contributed by atoms with E-state index in [4.69, 9.17) is 5.26 Å². The smallest absolute Gasteiger partial charge is 0.306 e. The van der Waals surface area contributed by atoms with Gasteiger partial charge in [0, 0.05) is 31.9 Å². The van der Waals surface area contributed by atoms with Crippen molar-refractivity contribution in [3.63, 3.8) is 0 Å². The summed E-state index contributed by atoms with van der Waals surface area (Å²) in [6.45, 7) is 2.37. The number of rotatable bonds is 5. The number of hydrogen-bond acceptors (Lipinski definition) is 6. The van der Waals surface area contributed by atoms with E-state index in [0.29, 0.717) is 41.2 Å². The molecule has 4 heterocycles. The molecule has 33 heavy (non-hydrogen) atoms. The summed E-state index contributed by atoms with van der Waals surface area (Å²) in [6, 6.07) is 4.61. The van der Waals surface area contributed by atoms with Crippen molar-refractivity contribution in [1.29, 1.82) is 5.26 Å². The average Bonchev–Trinajstić information content (AvgIpc) is 3.22. The molecule has 0 spiro atoms. The van der Waals surface area contributed by atoms with E-state index in [1.807, 2.05) is 0 Å². The minimum Gasteiger partial charge on any atom is -0.355 e. The van der Waals surface area contributed by atoms with E-state index in [9.17, 15) is 14.4 Å². The highest BCUT2D eigenvalue weighted by molar-refractivity contribution is 6.05. The van der Waals surface area contributed by atoms with Gasteiger partial charge in [0.15, 0.2) is 5.52 Å². The molecule has 3 aromatic rings. The minimum absolute atomic E-state index is 0.149. The first kappa shape index (κ1) is 21.9. The number of hydrogen-bond donors (Lipinski definition) is 3. The molecule has 0 aromatic carbocycles. The molecule has 0 radical (unpaired) electrons. The Morgan fingerprint density at radius 2 is 2.06 bits per heavy atom. The fourth-order valence-electron chi connectivity index (χ4n) is 3.69. The van der Waals surface area contributed by atoms with Crippen LogP contribution in [-0.4, -0.2) is 63.8 Å². The van der Waals surface area contributed by atoms with Gasteiger partial charge >= 0.3 is 5.65 Å². The summed E-state index contributed by atoms with van der Waals surface area (Å²) in [5.74, 6) is -1.07. The van der Waals surface area contributed by atoms with Gasteiger partial charge in [-0.1, -0.05) is 0 Å². The van der Waals surface area contributed by atoms with Crippen LogP contribution < -0.4 is 15.2 Å². The third kappa shape index (κ3) is 4.10. The number of aromatic amines is 1. The highest BCUT2D eigenvalue weighted by atomic mass is 16.2. The van der Waals surface area contributed by atoms with Crippen LogP contribution in [0.2, 0.25) is 0 Å². The van der Waals surface area contributed by atoms with E-state index >= 15 is 0 Å². The molecule has 0 bridgehead atoms. The molecule has 3 aromatic heterocycles.